The fourth-order valence-corrected chi connectivity index (χ4v) is 4.43. The maximum atomic E-state index is 6.24. The summed E-state index contributed by atoms with van der Waals surface area (Å²) in [4.78, 5) is 9.37. The van der Waals surface area contributed by atoms with Gasteiger partial charge in [-0.2, -0.15) is 6.92 Å². The van der Waals surface area contributed by atoms with Crippen molar-refractivity contribution in [1.82, 2.24) is 0 Å². The molecule has 0 atom stereocenters. The molecule has 7 rings (SSSR count). The van der Waals surface area contributed by atoms with Crippen LogP contribution in [0.1, 0.15) is 31.9 Å². The molecule has 230 valence electrons. The number of aromatic nitrogens is 2. The van der Waals surface area contributed by atoms with Crippen molar-refractivity contribution in [3.05, 3.63) is 123 Å². The fourth-order valence-electron chi connectivity index (χ4n) is 4.43. The van der Waals surface area contributed by atoms with Crippen molar-refractivity contribution in [2.24, 2.45) is 9.98 Å². The van der Waals surface area contributed by atoms with E-state index in [1.54, 1.807) is 16.4 Å². The number of benzene rings is 4. The predicted molar refractivity (Wildman–Crippen MR) is 170 cm³/mol. The molecule has 0 saturated carbocycles. The minimum Gasteiger partial charge on any atom is -0.382 e. The average Bonchev–Trinajstić information content (AvgIpc) is 3.66. The van der Waals surface area contributed by atoms with Gasteiger partial charge in [-0.05, 0) is 62.4 Å². The van der Waals surface area contributed by atoms with E-state index in [2.05, 4.69) is 16.9 Å². The van der Waals surface area contributed by atoms with E-state index in [0.717, 1.165) is 69.0 Å². The zero-order valence-corrected chi connectivity index (χ0v) is 27.3. The molecule has 2 aromatic heterocycles. The minimum absolute atomic E-state index is 0. The topological polar surface area (TPSA) is 68.0 Å². The largest absolute Gasteiger partial charge is 2.00 e. The summed E-state index contributed by atoms with van der Waals surface area (Å²) in [7, 11) is 0. The van der Waals surface area contributed by atoms with Gasteiger partial charge in [0.25, 0.3) is 11.4 Å². The molecule has 0 spiro atoms. The second-order valence-electron chi connectivity index (χ2n) is 8.96. The van der Waals surface area contributed by atoms with Gasteiger partial charge in [0.2, 0.25) is 23.6 Å². The number of aliphatic imine (C=N–C) groups is 2. The van der Waals surface area contributed by atoms with Gasteiger partial charge in [0.15, 0.2) is 0 Å². The maximum absolute atomic E-state index is 6.24. The van der Waals surface area contributed by atoms with Crippen molar-refractivity contribution in [3.8, 4) is 11.4 Å². The summed E-state index contributed by atoms with van der Waals surface area (Å²) in [6.07, 6.45) is 7.63. The molecule has 3 heterocycles. The molecule has 4 aromatic carbocycles. The van der Waals surface area contributed by atoms with Crippen LogP contribution in [0.2, 0.25) is 0 Å². The van der Waals surface area contributed by atoms with Crippen molar-refractivity contribution >= 4 is 45.7 Å². The molecule has 44 heavy (non-hydrogen) atoms. The number of ether oxygens (including phenoxy) is 1. The zero-order valence-electron chi connectivity index (χ0n) is 25.2. The zero-order chi connectivity index (χ0) is 28.6. The van der Waals surface area contributed by atoms with Crippen molar-refractivity contribution in [2.45, 2.75) is 20.8 Å². The number of hydrogen-bond acceptors (Lipinski definition) is 5. The number of para-hydroxylation sites is 2. The van der Waals surface area contributed by atoms with E-state index < -0.39 is 0 Å². The molecule has 2 radical (unpaired) electrons. The van der Waals surface area contributed by atoms with Crippen molar-refractivity contribution in [1.29, 1.82) is 0 Å². The SMILES string of the molecule is C1=Nc2cccc(c2)N=Cc2cccc3c[n+](oc23)-c2cccc(c2)-[n+]2cc3cccc1c3o2.CCOCC.[CH2-]C.[CH3-].[Co+2].[Co]. The summed E-state index contributed by atoms with van der Waals surface area (Å²) in [6.45, 7) is 10.7. The third kappa shape index (κ3) is 8.19. The molecule has 0 fully saturated rings. The summed E-state index contributed by atoms with van der Waals surface area (Å²) in [5.74, 6) is 0. The Hall–Kier alpha value is -3.87. The Kier molecular flexibility index (Phi) is 14.4. The van der Waals surface area contributed by atoms with Gasteiger partial charge in [-0.15, -0.1) is 0 Å². The molecule has 9 heteroatoms. The second-order valence-corrected chi connectivity index (χ2v) is 8.96. The molecule has 1 aliphatic heterocycles. The van der Waals surface area contributed by atoms with E-state index in [1.165, 1.54) is 0 Å². The number of hydrogen-bond donors (Lipinski definition) is 0. The molecule has 0 saturated heterocycles. The average molecular weight is 679 g/mol. The van der Waals surface area contributed by atoms with Crippen LogP contribution < -0.4 is 9.48 Å². The summed E-state index contributed by atoms with van der Waals surface area (Å²) < 4.78 is 20.9. The molecule has 0 amide bonds. The van der Waals surface area contributed by atoms with E-state index >= 15 is 0 Å². The molecule has 8 bridgehead atoms. The molecule has 0 unspecified atom stereocenters. The van der Waals surface area contributed by atoms with Gasteiger partial charge in [-0.3, -0.25) is 9.98 Å². The van der Waals surface area contributed by atoms with Crippen LogP contribution in [0.3, 0.4) is 0 Å². The summed E-state index contributed by atoms with van der Waals surface area (Å²) >= 11 is 0. The van der Waals surface area contributed by atoms with Crippen LogP contribution in [0.15, 0.2) is 116 Å². The molecular formula is C35H36Co2N4O3+2. The molecule has 6 aromatic rings. The van der Waals surface area contributed by atoms with E-state index in [0.29, 0.717) is 0 Å². The van der Waals surface area contributed by atoms with Crippen LogP contribution in [0.5, 0.6) is 0 Å². The summed E-state index contributed by atoms with van der Waals surface area (Å²) in [5, 5.41) is 1.98. The minimum atomic E-state index is 0. The van der Waals surface area contributed by atoms with Crippen LogP contribution in [-0.4, -0.2) is 25.6 Å². The maximum Gasteiger partial charge on any atom is 2.00 e. The van der Waals surface area contributed by atoms with E-state index in [1.807, 2.05) is 124 Å². The Labute approximate surface area is 279 Å². The molecule has 7 nitrogen and oxygen atoms in total. The van der Waals surface area contributed by atoms with Gasteiger partial charge >= 0.3 is 16.8 Å². The van der Waals surface area contributed by atoms with E-state index in [-0.39, 0.29) is 41.0 Å². The second kappa shape index (κ2) is 17.4. The number of nitrogens with zero attached hydrogens (tertiary/aromatic N) is 4. The molecule has 0 aliphatic carbocycles. The van der Waals surface area contributed by atoms with Gasteiger partial charge in [0.1, 0.15) is 0 Å². The van der Waals surface area contributed by atoms with Gasteiger partial charge in [0, 0.05) is 75.2 Å². The normalized spacial score (nSPS) is 10.7. The molecule has 1 aliphatic rings. The van der Waals surface area contributed by atoms with Crippen LogP contribution >= 0.6 is 0 Å². The molecule has 0 N–H and O–H groups in total. The Morgan fingerprint density at radius 1 is 0.659 bits per heavy atom. The number of fused-ring (bicyclic) bond motifs is 8. The third-order valence-corrected chi connectivity index (χ3v) is 6.33. The van der Waals surface area contributed by atoms with Crippen LogP contribution in [0.25, 0.3) is 33.3 Å². The van der Waals surface area contributed by atoms with Gasteiger partial charge in [-0.1, -0.05) is 18.2 Å². The first-order valence-corrected chi connectivity index (χ1v) is 13.7. The third-order valence-electron chi connectivity index (χ3n) is 6.33. The first kappa shape index (κ1) is 36.3. The Morgan fingerprint density at radius 2 is 1.09 bits per heavy atom. The first-order chi connectivity index (χ1) is 20.2. The van der Waals surface area contributed by atoms with Crippen LogP contribution in [-0.2, 0) is 38.3 Å². The molecular weight excluding hydrogens is 642 g/mol. The number of rotatable bonds is 2. The van der Waals surface area contributed by atoms with Crippen molar-refractivity contribution < 1.29 is 56.8 Å². The standard InChI is InChI=1S/C28H18N4O2.C4H10O.C2H5.CH3.2Co/c1-5-19-15-29-23-9-3-10-24(13-23)30-16-20-6-2-8-22-18-32(34-28(20)22)26-12-4-11-25(14-26)31-17-21(7-1)27(19)33-31;1-3-5-4-2;1-2;;;/h1-18H;3-4H2,1-2H3;1H2,2H3;1H3;;/q+2;;2*-1;;+2. The first-order valence-electron chi connectivity index (χ1n) is 13.7. The van der Waals surface area contributed by atoms with Crippen molar-refractivity contribution in [3.63, 3.8) is 0 Å². The van der Waals surface area contributed by atoms with Gasteiger partial charge < -0.3 is 19.1 Å². The Balaban J connectivity index is 0.000000619. The Morgan fingerprint density at radius 3 is 1.52 bits per heavy atom. The van der Waals surface area contributed by atoms with Crippen LogP contribution in [0, 0.1) is 14.4 Å². The van der Waals surface area contributed by atoms with Crippen molar-refractivity contribution in [2.75, 3.05) is 13.2 Å². The van der Waals surface area contributed by atoms with Gasteiger partial charge in [-0.25, -0.2) is 9.05 Å². The fraction of sp³-hybridized carbons (Fsp3) is 0.143. The van der Waals surface area contributed by atoms with E-state index in [9.17, 15) is 0 Å². The van der Waals surface area contributed by atoms with Gasteiger partial charge in [0.05, 0.1) is 28.2 Å². The summed E-state index contributed by atoms with van der Waals surface area (Å²) in [6, 6.07) is 27.9. The monoisotopic (exact) mass is 678 g/mol. The summed E-state index contributed by atoms with van der Waals surface area (Å²) in [5.41, 5.74) is 6.75. The predicted octanol–water partition coefficient (Wildman–Crippen LogP) is 7.88. The quantitative estimate of drug-likeness (QED) is 0.138. The van der Waals surface area contributed by atoms with E-state index in [4.69, 9.17) is 13.8 Å². The van der Waals surface area contributed by atoms with Crippen LogP contribution in [0.4, 0.5) is 11.4 Å². The Bertz CT molecular complexity index is 1720. The smallest absolute Gasteiger partial charge is 0.382 e.